The zero-order chi connectivity index (χ0) is 18.0. The van der Waals surface area contributed by atoms with Crippen molar-refractivity contribution in [1.29, 1.82) is 0 Å². The molecule has 2 aromatic rings. The van der Waals surface area contributed by atoms with Crippen LogP contribution in [0.4, 0.5) is 17.5 Å². The Bertz CT molecular complexity index is 785. The molecule has 6 nitrogen and oxygen atoms in total. The molecule has 1 heterocycles. The topological polar surface area (TPSA) is 87.1 Å². The number of benzene rings is 1. The highest BCUT2D eigenvalue weighted by molar-refractivity contribution is 5.72. The summed E-state index contributed by atoms with van der Waals surface area (Å²) in [5.74, 6) is 1.04. The van der Waals surface area contributed by atoms with Crippen LogP contribution in [0.25, 0.3) is 0 Å². The normalized spacial score (nSPS) is 13.8. The molecule has 1 saturated carbocycles. The van der Waals surface area contributed by atoms with E-state index in [2.05, 4.69) is 53.5 Å². The molecule has 0 saturated heterocycles. The summed E-state index contributed by atoms with van der Waals surface area (Å²) < 4.78 is 0. The van der Waals surface area contributed by atoms with Gasteiger partial charge in [0.15, 0.2) is 0 Å². The number of hydrogen-bond acceptors (Lipinski definition) is 5. The first-order valence-electron chi connectivity index (χ1n) is 8.64. The summed E-state index contributed by atoms with van der Waals surface area (Å²) in [6.45, 7) is 6.27. The fraction of sp³-hybridized carbons (Fsp3) is 0.421. The van der Waals surface area contributed by atoms with Crippen molar-refractivity contribution in [3.63, 3.8) is 0 Å². The van der Waals surface area contributed by atoms with Crippen LogP contribution in [0.5, 0.6) is 0 Å². The van der Waals surface area contributed by atoms with E-state index >= 15 is 0 Å². The van der Waals surface area contributed by atoms with Crippen LogP contribution in [0.1, 0.15) is 55.3 Å². The second-order valence-corrected chi connectivity index (χ2v) is 6.87. The molecule has 132 valence electrons. The van der Waals surface area contributed by atoms with Crippen LogP contribution in [0, 0.1) is 6.92 Å². The highest BCUT2D eigenvalue weighted by Gasteiger charge is 2.26. The van der Waals surface area contributed by atoms with Crippen molar-refractivity contribution in [1.82, 2.24) is 9.97 Å². The van der Waals surface area contributed by atoms with Gasteiger partial charge in [-0.2, -0.15) is 4.98 Å². The number of hydrogen-bond donors (Lipinski definition) is 3. The van der Waals surface area contributed by atoms with Crippen LogP contribution < -0.4 is 10.6 Å². The van der Waals surface area contributed by atoms with E-state index in [1.54, 1.807) is 0 Å². The number of aliphatic carboxylic acids is 1. The van der Waals surface area contributed by atoms with Crippen molar-refractivity contribution in [2.75, 3.05) is 17.2 Å². The molecule has 0 unspecified atom stereocenters. The summed E-state index contributed by atoms with van der Waals surface area (Å²) in [6, 6.07) is 8.24. The number of carboxylic acids is 1. The van der Waals surface area contributed by atoms with Gasteiger partial charge >= 0.3 is 5.97 Å². The minimum atomic E-state index is -0.935. The lowest BCUT2D eigenvalue weighted by Crippen LogP contribution is -2.15. The molecule has 0 aliphatic heterocycles. The molecule has 3 N–H and O–H groups in total. The van der Waals surface area contributed by atoms with Crippen molar-refractivity contribution >= 4 is 23.4 Å². The van der Waals surface area contributed by atoms with Crippen molar-refractivity contribution in [3.8, 4) is 0 Å². The van der Waals surface area contributed by atoms with E-state index in [-0.39, 0.29) is 6.54 Å². The Hall–Kier alpha value is -2.63. The third kappa shape index (κ3) is 4.47. The molecule has 0 atom stereocenters. The maximum atomic E-state index is 10.8. The fourth-order valence-corrected chi connectivity index (χ4v) is 2.90. The van der Waals surface area contributed by atoms with E-state index in [1.807, 2.05) is 12.1 Å². The Balaban J connectivity index is 1.83. The van der Waals surface area contributed by atoms with E-state index < -0.39 is 5.97 Å². The Kier molecular flexibility index (Phi) is 4.88. The summed E-state index contributed by atoms with van der Waals surface area (Å²) in [6.07, 6.45) is 2.24. The van der Waals surface area contributed by atoms with Crippen LogP contribution in [0.2, 0.25) is 0 Å². The Morgan fingerprint density at radius 1 is 1.28 bits per heavy atom. The average molecular weight is 340 g/mol. The van der Waals surface area contributed by atoms with Gasteiger partial charge in [-0.3, -0.25) is 4.79 Å². The number of anilines is 3. The number of aryl methyl sites for hydroxylation is 1. The van der Waals surface area contributed by atoms with E-state index in [9.17, 15) is 4.79 Å². The summed E-state index contributed by atoms with van der Waals surface area (Å²) in [7, 11) is 0. The zero-order valence-electron chi connectivity index (χ0n) is 14.8. The van der Waals surface area contributed by atoms with Gasteiger partial charge in [0.1, 0.15) is 12.4 Å². The number of carbonyl (C=O) groups is 1. The predicted octanol–water partition coefficient (Wildman–Crippen LogP) is 4.03. The smallest absolute Gasteiger partial charge is 0.322 e. The molecule has 1 aromatic heterocycles. The van der Waals surface area contributed by atoms with Crippen LogP contribution >= 0.6 is 0 Å². The van der Waals surface area contributed by atoms with E-state index in [0.29, 0.717) is 23.6 Å². The molecular formula is C19H24N4O2. The van der Waals surface area contributed by atoms with Crippen molar-refractivity contribution in [2.45, 2.75) is 45.4 Å². The molecule has 0 radical (unpaired) electrons. The lowest BCUT2D eigenvalue weighted by Gasteiger charge is -2.14. The molecule has 6 heteroatoms. The van der Waals surface area contributed by atoms with Gasteiger partial charge in [-0.1, -0.05) is 19.9 Å². The van der Waals surface area contributed by atoms with Gasteiger partial charge in [-0.05, 0) is 48.9 Å². The summed E-state index contributed by atoms with van der Waals surface area (Å²) in [5.41, 5.74) is 4.49. The van der Waals surface area contributed by atoms with E-state index in [0.717, 1.165) is 24.2 Å². The molecule has 0 bridgehead atoms. The van der Waals surface area contributed by atoms with Gasteiger partial charge in [0.05, 0.1) is 5.69 Å². The van der Waals surface area contributed by atoms with Crippen LogP contribution in [-0.4, -0.2) is 27.6 Å². The van der Waals surface area contributed by atoms with Crippen LogP contribution in [0.3, 0.4) is 0 Å². The number of nitrogens with zero attached hydrogens (tertiary/aromatic N) is 2. The number of aromatic nitrogens is 2. The number of carboxylic acid groups (broad SMARTS) is 1. The monoisotopic (exact) mass is 340 g/mol. The zero-order valence-corrected chi connectivity index (χ0v) is 14.8. The summed E-state index contributed by atoms with van der Waals surface area (Å²) in [5, 5.41) is 14.9. The third-order valence-corrected chi connectivity index (χ3v) is 4.30. The Labute approximate surface area is 147 Å². The molecule has 0 spiro atoms. The minimum absolute atomic E-state index is 0.199. The molecule has 3 rings (SSSR count). The lowest BCUT2D eigenvalue weighted by molar-refractivity contribution is -0.134. The molecule has 1 aliphatic rings. The van der Waals surface area contributed by atoms with Gasteiger partial charge in [-0.25, -0.2) is 4.98 Å². The highest BCUT2D eigenvalue weighted by Crippen LogP contribution is 2.40. The Morgan fingerprint density at radius 2 is 2.04 bits per heavy atom. The molecule has 1 fully saturated rings. The largest absolute Gasteiger partial charge is 0.480 e. The van der Waals surface area contributed by atoms with Crippen LogP contribution in [-0.2, 0) is 4.79 Å². The summed E-state index contributed by atoms with van der Waals surface area (Å²) >= 11 is 0. The third-order valence-electron chi connectivity index (χ3n) is 4.30. The SMILES string of the molecule is Cc1cc(Nc2cc(C3CC3)nc(NCC(=O)O)n2)ccc1C(C)C. The maximum Gasteiger partial charge on any atom is 0.322 e. The number of rotatable bonds is 7. The Morgan fingerprint density at radius 3 is 2.64 bits per heavy atom. The quantitative estimate of drug-likeness (QED) is 0.705. The predicted molar refractivity (Wildman–Crippen MR) is 98.7 cm³/mol. The van der Waals surface area contributed by atoms with Gasteiger partial charge in [0, 0.05) is 17.7 Å². The molecule has 25 heavy (non-hydrogen) atoms. The standard InChI is InChI=1S/C19H24N4O2/c1-11(2)15-7-6-14(8-12(15)3)21-17-9-16(13-4-5-13)22-19(23-17)20-10-18(24)25/h6-9,11,13H,4-5,10H2,1-3H3,(H,24,25)(H2,20,21,22,23). The molecular weight excluding hydrogens is 316 g/mol. The first-order valence-corrected chi connectivity index (χ1v) is 8.64. The van der Waals surface area contributed by atoms with Gasteiger partial charge in [0.25, 0.3) is 0 Å². The van der Waals surface area contributed by atoms with Crippen molar-refractivity contribution < 1.29 is 9.90 Å². The molecule has 1 aliphatic carbocycles. The second-order valence-electron chi connectivity index (χ2n) is 6.87. The van der Waals surface area contributed by atoms with Gasteiger partial charge in [0.2, 0.25) is 5.95 Å². The minimum Gasteiger partial charge on any atom is -0.480 e. The van der Waals surface area contributed by atoms with Crippen molar-refractivity contribution in [3.05, 3.63) is 41.1 Å². The molecule has 1 aromatic carbocycles. The average Bonchev–Trinajstić information content (AvgIpc) is 3.37. The summed E-state index contributed by atoms with van der Waals surface area (Å²) in [4.78, 5) is 19.6. The highest BCUT2D eigenvalue weighted by atomic mass is 16.4. The first kappa shape index (κ1) is 17.2. The fourth-order valence-electron chi connectivity index (χ4n) is 2.90. The second kappa shape index (κ2) is 7.09. The van der Waals surface area contributed by atoms with E-state index in [1.165, 1.54) is 11.1 Å². The van der Waals surface area contributed by atoms with E-state index in [4.69, 9.17) is 5.11 Å². The van der Waals surface area contributed by atoms with Gasteiger partial charge < -0.3 is 15.7 Å². The molecule has 0 amide bonds. The maximum absolute atomic E-state index is 10.8. The van der Waals surface area contributed by atoms with Gasteiger partial charge in [-0.15, -0.1) is 0 Å². The lowest BCUT2D eigenvalue weighted by atomic mass is 9.98. The number of nitrogens with one attached hydrogen (secondary N) is 2. The van der Waals surface area contributed by atoms with Crippen LogP contribution in [0.15, 0.2) is 24.3 Å². The first-order chi connectivity index (χ1) is 11.9. The van der Waals surface area contributed by atoms with Crippen molar-refractivity contribution in [2.24, 2.45) is 0 Å².